The van der Waals surface area contributed by atoms with Crippen LogP contribution in [0.5, 0.6) is 0 Å². The molecule has 0 amide bonds. The minimum absolute atomic E-state index is 0. The Balaban J connectivity index is 0.000000653. The van der Waals surface area contributed by atoms with Crippen LogP contribution in [0, 0.1) is 0 Å². The molecule has 56 valence electrons. The van der Waals surface area contributed by atoms with Crippen LogP contribution in [0.3, 0.4) is 0 Å². The van der Waals surface area contributed by atoms with E-state index in [-0.39, 0.29) is 23.1 Å². The fourth-order valence-corrected chi connectivity index (χ4v) is 1.84. The SMILES string of the molecule is [Mg+2].c1ccc2c(c1)-c1ccccc1-2. The smallest absolute Gasteiger partial charge is 0.0616 e. The first-order chi connectivity index (χ1) is 5.97. The molecule has 0 aromatic heterocycles. The number of fused-ring (bicyclic) bond motifs is 4. The number of rotatable bonds is 0. The van der Waals surface area contributed by atoms with Gasteiger partial charge in [0.25, 0.3) is 0 Å². The van der Waals surface area contributed by atoms with E-state index in [0.717, 1.165) is 0 Å². The summed E-state index contributed by atoms with van der Waals surface area (Å²) in [5.41, 5.74) is 5.59. The van der Waals surface area contributed by atoms with Crippen molar-refractivity contribution in [3.63, 3.8) is 0 Å². The van der Waals surface area contributed by atoms with E-state index in [2.05, 4.69) is 48.5 Å². The largest absolute Gasteiger partial charge is 2.00 e. The molecule has 1 heteroatoms. The summed E-state index contributed by atoms with van der Waals surface area (Å²) in [5, 5.41) is 0. The molecule has 0 radical (unpaired) electrons. The Hall–Kier alpha value is -0.794. The van der Waals surface area contributed by atoms with E-state index in [1.165, 1.54) is 22.3 Å². The van der Waals surface area contributed by atoms with Crippen LogP contribution in [0.1, 0.15) is 0 Å². The summed E-state index contributed by atoms with van der Waals surface area (Å²) in [6, 6.07) is 17.1. The van der Waals surface area contributed by atoms with Gasteiger partial charge in [-0.15, -0.1) is 0 Å². The molecule has 0 saturated carbocycles. The summed E-state index contributed by atoms with van der Waals surface area (Å²) in [4.78, 5) is 0. The summed E-state index contributed by atoms with van der Waals surface area (Å²) in [5.74, 6) is 0. The van der Waals surface area contributed by atoms with Gasteiger partial charge in [0.05, 0.1) is 0 Å². The fourth-order valence-electron chi connectivity index (χ4n) is 1.84. The van der Waals surface area contributed by atoms with Crippen molar-refractivity contribution in [3.8, 4) is 22.3 Å². The van der Waals surface area contributed by atoms with Gasteiger partial charge in [-0.1, -0.05) is 48.5 Å². The maximum atomic E-state index is 2.18. The Morgan fingerprint density at radius 3 is 0.923 bits per heavy atom. The van der Waals surface area contributed by atoms with Gasteiger partial charge in [-0.3, -0.25) is 0 Å². The third-order valence-electron chi connectivity index (χ3n) is 2.43. The predicted octanol–water partition coefficient (Wildman–Crippen LogP) is 2.95. The Kier molecular flexibility index (Phi) is 2.14. The number of hydrogen-bond donors (Lipinski definition) is 0. The molecule has 0 unspecified atom stereocenters. The molecule has 13 heavy (non-hydrogen) atoms. The molecular weight excluding hydrogens is 168 g/mol. The van der Waals surface area contributed by atoms with Crippen molar-refractivity contribution in [2.24, 2.45) is 0 Å². The van der Waals surface area contributed by atoms with Crippen molar-refractivity contribution in [3.05, 3.63) is 48.5 Å². The van der Waals surface area contributed by atoms with Crippen LogP contribution >= 0.6 is 0 Å². The normalized spacial score (nSPS) is 10.5. The third kappa shape index (κ3) is 1.11. The molecule has 1 aliphatic rings. The molecule has 0 fully saturated rings. The Labute approximate surface area is 93.8 Å². The monoisotopic (exact) mass is 176 g/mol. The Morgan fingerprint density at radius 2 is 0.692 bits per heavy atom. The standard InChI is InChI=1S/C12H8.Mg/c1-2-6-10-9(5-1)11-7-3-4-8-12(10)11;/h1-8H;/q;+2. The second kappa shape index (κ2) is 3.16. The quantitative estimate of drug-likeness (QED) is 0.462. The number of benzene rings is 2. The predicted molar refractivity (Wildman–Crippen MR) is 56.6 cm³/mol. The maximum Gasteiger partial charge on any atom is 2.00 e. The molecule has 1 aliphatic carbocycles. The van der Waals surface area contributed by atoms with Gasteiger partial charge in [0, 0.05) is 0 Å². The second-order valence-corrected chi connectivity index (χ2v) is 3.09. The van der Waals surface area contributed by atoms with Crippen LogP contribution in [-0.2, 0) is 0 Å². The van der Waals surface area contributed by atoms with Gasteiger partial charge < -0.3 is 0 Å². The Morgan fingerprint density at radius 1 is 0.462 bits per heavy atom. The van der Waals surface area contributed by atoms with Crippen LogP contribution < -0.4 is 0 Å². The summed E-state index contributed by atoms with van der Waals surface area (Å²) >= 11 is 0. The van der Waals surface area contributed by atoms with E-state index < -0.39 is 0 Å². The zero-order valence-electron chi connectivity index (χ0n) is 7.33. The van der Waals surface area contributed by atoms with Gasteiger partial charge in [0.1, 0.15) is 0 Å². The van der Waals surface area contributed by atoms with E-state index in [4.69, 9.17) is 0 Å². The van der Waals surface area contributed by atoms with Crippen LogP contribution in [0.15, 0.2) is 48.5 Å². The average molecular weight is 177 g/mol. The van der Waals surface area contributed by atoms with Crippen molar-refractivity contribution >= 4 is 23.1 Å². The van der Waals surface area contributed by atoms with E-state index in [1.54, 1.807) is 0 Å². The van der Waals surface area contributed by atoms with E-state index >= 15 is 0 Å². The molecule has 0 aliphatic heterocycles. The van der Waals surface area contributed by atoms with Crippen molar-refractivity contribution < 1.29 is 0 Å². The van der Waals surface area contributed by atoms with Crippen molar-refractivity contribution in [2.45, 2.75) is 0 Å². The molecule has 3 rings (SSSR count). The molecule has 0 saturated heterocycles. The van der Waals surface area contributed by atoms with Crippen LogP contribution in [0.2, 0.25) is 0 Å². The molecule has 0 bridgehead atoms. The summed E-state index contributed by atoms with van der Waals surface area (Å²) in [6.45, 7) is 0. The van der Waals surface area contributed by atoms with Crippen molar-refractivity contribution in [1.29, 1.82) is 0 Å². The summed E-state index contributed by atoms with van der Waals surface area (Å²) in [7, 11) is 0. The molecular formula is C12H8Mg+2. The van der Waals surface area contributed by atoms with Crippen molar-refractivity contribution in [2.75, 3.05) is 0 Å². The second-order valence-electron chi connectivity index (χ2n) is 3.09. The minimum atomic E-state index is 0. The van der Waals surface area contributed by atoms with Gasteiger partial charge in [0.15, 0.2) is 0 Å². The molecule has 0 heterocycles. The molecule has 2 aromatic rings. The van der Waals surface area contributed by atoms with E-state index in [9.17, 15) is 0 Å². The zero-order valence-corrected chi connectivity index (χ0v) is 8.74. The van der Waals surface area contributed by atoms with E-state index in [0.29, 0.717) is 0 Å². The van der Waals surface area contributed by atoms with E-state index in [1.807, 2.05) is 0 Å². The molecule has 0 nitrogen and oxygen atoms in total. The van der Waals surface area contributed by atoms with Crippen LogP contribution in [0.4, 0.5) is 0 Å². The minimum Gasteiger partial charge on any atom is -0.0616 e. The summed E-state index contributed by atoms with van der Waals surface area (Å²) in [6.07, 6.45) is 0. The molecule has 0 atom stereocenters. The topological polar surface area (TPSA) is 0 Å². The number of hydrogen-bond acceptors (Lipinski definition) is 0. The first-order valence-corrected chi connectivity index (χ1v) is 4.15. The third-order valence-corrected chi connectivity index (χ3v) is 2.43. The molecule has 2 aromatic carbocycles. The van der Waals surface area contributed by atoms with Crippen molar-refractivity contribution in [1.82, 2.24) is 0 Å². The van der Waals surface area contributed by atoms with Gasteiger partial charge in [-0.25, -0.2) is 0 Å². The van der Waals surface area contributed by atoms with Gasteiger partial charge >= 0.3 is 23.1 Å². The van der Waals surface area contributed by atoms with Crippen LogP contribution in [-0.4, -0.2) is 23.1 Å². The van der Waals surface area contributed by atoms with Crippen LogP contribution in [0.25, 0.3) is 22.3 Å². The molecule has 0 spiro atoms. The maximum absolute atomic E-state index is 2.18. The van der Waals surface area contributed by atoms with Gasteiger partial charge in [-0.2, -0.15) is 0 Å². The van der Waals surface area contributed by atoms with Gasteiger partial charge in [-0.05, 0) is 22.3 Å². The average Bonchev–Trinajstić information content (AvgIpc) is 2.14. The zero-order chi connectivity index (χ0) is 7.97. The fraction of sp³-hybridized carbons (Fsp3) is 0. The molecule has 0 N–H and O–H groups in total. The first-order valence-electron chi connectivity index (χ1n) is 4.15. The first kappa shape index (κ1) is 8.79. The summed E-state index contributed by atoms with van der Waals surface area (Å²) < 4.78 is 0. The Bertz CT molecular complexity index is 346. The van der Waals surface area contributed by atoms with Gasteiger partial charge in [0.2, 0.25) is 0 Å².